The summed E-state index contributed by atoms with van der Waals surface area (Å²) in [4.78, 5) is 0. The second kappa shape index (κ2) is 4.05. The standard InChI is InChI=1S/C7H5Cl3O/c8-4-11-7-2-1-5(9)3-6(7)10/h1-3H,4H2. The Labute approximate surface area is 79.8 Å². The molecule has 0 amide bonds. The monoisotopic (exact) mass is 210 g/mol. The van der Waals surface area contributed by atoms with Crippen LogP contribution in [0.3, 0.4) is 0 Å². The average molecular weight is 211 g/mol. The van der Waals surface area contributed by atoms with Gasteiger partial charge in [0.2, 0.25) is 0 Å². The van der Waals surface area contributed by atoms with Crippen molar-refractivity contribution in [1.29, 1.82) is 0 Å². The Morgan fingerprint density at radius 3 is 2.55 bits per heavy atom. The van der Waals surface area contributed by atoms with E-state index in [2.05, 4.69) is 0 Å². The van der Waals surface area contributed by atoms with Gasteiger partial charge in [-0.1, -0.05) is 34.8 Å². The van der Waals surface area contributed by atoms with Crippen LogP contribution in [0.1, 0.15) is 0 Å². The molecule has 60 valence electrons. The van der Waals surface area contributed by atoms with Crippen molar-refractivity contribution in [2.45, 2.75) is 0 Å². The van der Waals surface area contributed by atoms with Crippen LogP contribution in [0.2, 0.25) is 10.0 Å². The van der Waals surface area contributed by atoms with Crippen molar-refractivity contribution in [2.24, 2.45) is 0 Å². The molecule has 0 spiro atoms. The van der Waals surface area contributed by atoms with Crippen molar-refractivity contribution in [3.05, 3.63) is 28.2 Å². The number of halogens is 3. The van der Waals surface area contributed by atoms with E-state index in [1.807, 2.05) is 0 Å². The fraction of sp³-hybridized carbons (Fsp3) is 0.143. The van der Waals surface area contributed by atoms with E-state index in [9.17, 15) is 0 Å². The molecule has 0 aliphatic heterocycles. The molecule has 1 nitrogen and oxygen atoms in total. The van der Waals surface area contributed by atoms with Gasteiger partial charge in [0, 0.05) is 5.02 Å². The predicted molar refractivity (Wildman–Crippen MR) is 47.8 cm³/mol. The van der Waals surface area contributed by atoms with Gasteiger partial charge in [-0.3, -0.25) is 0 Å². The Bertz CT molecular complexity index is 249. The van der Waals surface area contributed by atoms with E-state index >= 15 is 0 Å². The van der Waals surface area contributed by atoms with Crippen LogP contribution in [-0.4, -0.2) is 6.07 Å². The summed E-state index contributed by atoms with van der Waals surface area (Å²) in [6, 6.07) is 5.05. The maximum atomic E-state index is 5.74. The molecule has 0 aromatic heterocycles. The third-order valence-corrected chi connectivity index (χ3v) is 1.74. The molecule has 0 saturated carbocycles. The molecule has 0 unspecified atom stereocenters. The topological polar surface area (TPSA) is 9.23 Å². The van der Waals surface area contributed by atoms with Crippen molar-refractivity contribution in [3.63, 3.8) is 0 Å². The lowest BCUT2D eigenvalue weighted by molar-refractivity contribution is 0.388. The molecule has 0 fully saturated rings. The Balaban J connectivity index is 2.90. The zero-order valence-electron chi connectivity index (χ0n) is 5.48. The Hall–Kier alpha value is -0.110. The molecule has 11 heavy (non-hydrogen) atoms. The first kappa shape index (κ1) is 8.98. The molecule has 1 rings (SSSR count). The number of ether oxygens (including phenoxy) is 1. The maximum absolute atomic E-state index is 5.74. The highest BCUT2D eigenvalue weighted by atomic mass is 35.5. The van der Waals surface area contributed by atoms with Crippen LogP contribution in [0.25, 0.3) is 0 Å². The third kappa shape index (κ3) is 2.44. The minimum absolute atomic E-state index is 0.0847. The normalized spacial score (nSPS) is 9.73. The number of rotatable bonds is 2. The zero-order valence-corrected chi connectivity index (χ0v) is 7.75. The molecule has 4 heteroatoms. The van der Waals surface area contributed by atoms with Crippen molar-refractivity contribution in [3.8, 4) is 5.75 Å². The van der Waals surface area contributed by atoms with Crippen molar-refractivity contribution < 1.29 is 4.74 Å². The summed E-state index contributed by atoms with van der Waals surface area (Å²) in [5.41, 5.74) is 0. The first-order valence-electron chi connectivity index (χ1n) is 2.88. The minimum atomic E-state index is 0.0847. The molecule has 0 atom stereocenters. The second-order valence-corrected chi connectivity index (χ2v) is 2.89. The van der Waals surface area contributed by atoms with Crippen LogP contribution >= 0.6 is 34.8 Å². The summed E-state index contributed by atoms with van der Waals surface area (Å²) < 4.78 is 4.97. The van der Waals surface area contributed by atoms with Crippen molar-refractivity contribution in [1.82, 2.24) is 0 Å². The zero-order chi connectivity index (χ0) is 8.27. The smallest absolute Gasteiger partial charge is 0.162 e. The molecule has 0 N–H and O–H groups in total. The van der Waals surface area contributed by atoms with E-state index in [1.165, 1.54) is 0 Å². The SMILES string of the molecule is ClCOc1ccc(Cl)cc1Cl. The number of hydrogen-bond acceptors (Lipinski definition) is 1. The molecule has 0 aliphatic carbocycles. The van der Waals surface area contributed by atoms with Gasteiger partial charge in [0.15, 0.2) is 6.07 Å². The lowest BCUT2D eigenvalue weighted by atomic mass is 10.3. The molecule has 0 saturated heterocycles. The summed E-state index contributed by atoms with van der Waals surface area (Å²) >= 11 is 16.7. The Morgan fingerprint density at radius 2 is 2.00 bits per heavy atom. The molecule has 0 bridgehead atoms. The Kier molecular flexibility index (Phi) is 3.31. The maximum Gasteiger partial charge on any atom is 0.162 e. The van der Waals surface area contributed by atoms with Crippen LogP contribution < -0.4 is 4.74 Å². The van der Waals surface area contributed by atoms with Gasteiger partial charge in [-0.2, -0.15) is 0 Å². The van der Waals surface area contributed by atoms with Gasteiger partial charge in [0.05, 0.1) is 5.02 Å². The number of hydrogen-bond donors (Lipinski definition) is 0. The van der Waals surface area contributed by atoms with E-state index in [0.717, 1.165) is 0 Å². The average Bonchev–Trinajstić information content (AvgIpc) is 1.95. The molecule has 0 radical (unpaired) electrons. The lowest BCUT2D eigenvalue weighted by Gasteiger charge is -2.03. The third-order valence-electron chi connectivity index (χ3n) is 1.10. The first-order valence-corrected chi connectivity index (χ1v) is 4.17. The fourth-order valence-corrected chi connectivity index (χ4v) is 1.23. The highest BCUT2D eigenvalue weighted by Crippen LogP contribution is 2.27. The summed E-state index contributed by atoms with van der Waals surface area (Å²) in [5.74, 6) is 0.547. The predicted octanol–water partition coefficient (Wildman–Crippen LogP) is 3.57. The highest BCUT2D eigenvalue weighted by Gasteiger charge is 2.00. The van der Waals surface area contributed by atoms with E-state index < -0.39 is 0 Å². The van der Waals surface area contributed by atoms with Gasteiger partial charge in [0.25, 0.3) is 0 Å². The van der Waals surface area contributed by atoms with Gasteiger partial charge in [0.1, 0.15) is 5.75 Å². The van der Waals surface area contributed by atoms with E-state index in [0.29, 0.717) is 15.8 Å². The van der Waals surface area contributed by atoms with Crippen molar-refractivity contribution >= 4 is 34.8 Å². The Morgan fingerprint density at radius 1 is 1.27 bits per heavy atom. The lowest BCUT2D eigenvalue weighted by Crippen LogP contribution is -1.88. The number of alkyl halides is 1. The van der Waals surface area contributed by atoms with Crippen LogP contribution in [-0.2, 0) is 0 Å². The second-order valence-electron chi connectivity index (χ2n) is 1.83. The minimum Gasteiger partial charge on any atom is -0.476 e. The number of benzene rings is 1. The first-order chi connectivity index (χ1) is 5.24. The molecule has 0 aliphatic rings. The van der Waals surface area contributed by atoms with Gasteiger partial charge < -0.3 is 4.74 Å². The van der Waals surface area contributed by atoms with Crippen LogP contribution in [0.5, 0.6) is 5.75 Å². The van der Waals surface area contributed by atoms with Crippen LogP contribution in [0.4, 0.5) is 0 Å². The van der Waals surface area contributed by atoms with E-state index in [-0.39, 0.29) is 6.07 Å². The summed E-state index contributed by atoms with van der Waals surface area (Å²) in [6.07, 6.45) is 0. The fourth-order valence-electron chi connectivity index (χ4n) is 0.651. The van der Waals surface area contributed by atoms with Crippen LogP contribution in [0, 0.1) is 0 Å². The summed E-state index contributed by atoms with van der Waals surface area (Å²) in [6.45, 7) is 0. The molecule has 0 heterocycles. The molecular weight excluding hydrogens is 206 g/mol. The largest absolute Gasteiger partial charge is 0.476 e. The highest BCUT2D eigenvalue weighted by molar-refractivity contribution is 6.35. The van der Waals surface area contributed by atoms with Gasteiger partial charge in [-0.25, -0.2) is 0 Å². The van der Waals surface area contributed by atoms with Gasteiger partial charge in [-0.15, -0.1) is 0 Å². The molecule has 1 aromatic rings. The molecule has 1 aromatic carbocycles. The summed E-state index contributed by atoms with van der Waals surface area (Å²) in [5, 5.41) is 1.05. The van der Waals surface area contributed by atoms with E-state index in [4.69, 9.17) is 39.5 Å². The summed E-state index contributed by atoms with van der Waals surface area (Å²) in [7, 11) is 0. The van der Waals surface area contributed by atoms with Crippen molar-refractivity contribution in [2.75, 3.05) is 6.07 Å². The van der Waals surface area contributed by atoms with Gasteiger partial charge >= 0.3 is 0 Å². The quantitative estimate of drug-likeness (QED) is 0.680. The molecular formula is C7H5Cl3O. The van der Waals surface area contributed by atoms with E-state index in [1.54, 1.807) is 18.2 Å². The van der Waals surface area contributed by atoms with Gasteiger partial charge in [-0.05, 0) is 18.2 Å². The van der Waals surface area contributed by atoms with Crippen LogP contribution in [0.15, 0.2) is 18.2 Å².